The minimum Gasteiger partial charge on any atom is -0.439 e. The van der Waals surface area contributed by atoms with Crippen molar-refractivity contribution in [3.63, 3.8) is 0 Å². The zero-order valence-corrected chi connectivity index (χ0v) is 14.9. The average Bonchev–Trinajstić information content (AvgIpc) is 2.61. The van der Waals surface area contributed by atoms with Crippen molar-refractivity contribution in [1.82, 2.24) is 9.97 Å². The number of ether oxygens (including phenoxy) is 1. The molecule has 2 N–H and O–H groups in total. The van der Waals surface area contributed by atoms with E-state index in [4.69, 9.17) is 22.1 Å². The largest absolute Gasteiger partial charge is 0.439 e. The van der Waals surface area contributed by atoms with Crippen LogP contribution in [0, 0.1) is 5.82 Å². The minimum atomic E-state index is -4.68. The van der Waals surface area contributed by atoms with Gasteiger partial charge in [0.15, 0.2) is 5.69 Å². The van der Waals surface area contributed by atoms with Gasteiger partial charge in [-0.25, -0.2) is 9.37 Å². The molecule has 1 saturated heterocycles. The molecule has 0 saturated carbocycles. The van der Waals surface area contributed by atoms with Crippen LogP contribution in [0.1, 0.15) is 18.5 Å². The van der Waals surface area contributed by atoms with Gasteiger partial charge in [-0.15, -0.1) is 11.6 Å². The topological polar surface area (TPSA) is 64.3 Å². The Balaban J connectivity index is 1.90. The van der Waals surface area contributed by atoms with E-state index in [0.717, 1.165) is 6.07 Å². The number of anilines is 1. The number of nitrogens with two attached hydrogens (primary N) is 1. The molecule has 0 unspecified atom stereocenters. The predicted octanol–water partition coefficient (Wildman–Crippen LogP) is 3.96. The number of piperidine rings is 1. The molecule has 0 bridgehead atoms. The summed E-state index contributed by atoms with van der Waals surface area (Å²) in [7, 11) is 0. The molecule has 0 atom stereocenters. The lowest BCUT2D eigenvalue weighted by Gasteiger charge is -2.37. The molecule has 0 amide bonds. The Morgan fingerprint density at radius 2 is 1.89 bits per heavy atom. The zero-order chi connectivity index (χ0) is 19.7. The molecule has 1 aromatic carbocycles. The quantitative estimate of drug-likeness (QED) is 0.617. The molecule has 1 fully saturated rings. The highest BCUT2D eigenvalue weighted by atomic mass is 35.5. The normalized spacial score (nSPS) is 17.0. The van der Waals surface area contributed by atoms with E-state index >= 15 is 0 Å². The van der Waals surface area contributed by atoms with Gasteiger partial charge in [0.05, 0.1) is 4.87 Å². The van der Waals surface area contributed by atoms with Crippen molar-refractivity contribution < 1.29 is 22.3 Å². The van der Waals surface area contributed by atoms with E-state index in [2.05, 4.69) is 9.97 Å². The fourth-order valence-electron chi connectivity index (χ4n) is 2.71. The summed E-state index contributed by atoms with van der Waals surface area (Å²) in [5, 5.41) is 0. The highest BCUT2D eigenvalue weighted by Gasteiger charge is 2.36. The highest BCUT2D eigenvalue weighted by molar-refractivity contribution is 6.24. The molecule has 2 aromatic rings. The number of hydrogen-bond acceptors (Lipinski definition) is 5. The number of aromatic nitrogens is 2. The van der Waals surface area contributed by atoms with E-state index in [1.165, 1.54) is 18.2 Å². The number of benzene rings is 1. The first kappa shape index (κ1) is 19.6. The predicted molar refractivity (Wildman–Crippen MR) is 92.6 cm³/mol. The fraction of sp³-hybridized carbons (Fsp3) is 0.412. The first-order valence-electron chi connectivity index (χ1n) is 8.22. The van der Waals surface area contributed by atoms with Gasteiger partial charge in [0.25, 0.3) is 0 Å². The molecule has 0 spiro atoms. The van der Waals surface area contributed by atoms with E-state index in [1.807, 2.05) is 0 Å². The first-order chi connectivity index (χ1) is 12.7. The second kappa shape index (κ2) is 7.47. The van der Waals surface area contributed by atoms with Gasteiger partial charge >= 0.3 is 6.18 Å². The number of alkyl halides is 4. The summed E-state index contributed by atoms with van der Waals surface area (Å²) < 4.78 is 58.3. The second-order valence-corrected chi connectivity index (χ2v) is 7.09. The molecule has 1 aliphatic rings. The lowest BCUT2D eigenvalue weighted by molar-refractivity contribution is -0.141. The molecular formula is C17H17ClF4N4O. The highest BCUT2D eigenvalue weighted by Crippen LogP contribution is 2.34. The molecule has 146 valence electrons. The summed E-state index contributed by atoms with van der Waals surface area (Å²) >= 11 is 6.34. The second-order valence-electron chi connectivity index (χ2n) is 6.29. The number of rotatable bonds is 4. The van der Waals surface area contributed by atoms with Crippen LogP contribution in [0.15, 0.2) is 30.3 Å². The molecular weight excluding hydrogens is 388 g/mol. The van der Waals surface area contributed by atoms with Gasteiger partial charge in [-0.3, -0.25) is 0 Å². The summed E-state index contributed by atoms with van der Waals surface area (Å²) in [6, 6.07) is 5.74. The van der Waals surface area contributed by atoms with Crippen LogP contribution < -0.4 is 15.4 Å². The molecule has 1 aliphatic heterocycles. The van der Waals surface area contributed by atoms with Crippen LogP contribution in [0.3, 0.4) is 0 Å². The standard InChI is InChI=1S/C17H17ClF4N4O/c18-16(10-23)4-6-26(7-5-16)15-24-13(17(20,21)22)9-14(25-15)27-12-3-1-2-11(19)8-12/h1-3,8-9H,4-7,10,23H2. The van der Waals surface area contributed by atoms with Crippen LogP contribution >= 0.6 is 11.6 Å². The Hall–Kier alpha value is -2.13. The molecule has 1 aromatic heterocycles. The van der Waals surface area contributed by atoms with Crippen LogP contribution in [-0.4, -0.2) is 34.5 Å². The maximum absolute atomic E-state index is 13.3. The van der Waals surface area contributed by atoms with Crippen molar-refractivity contribution in [2.45, 2.75) is 23.9 Å². The Morgan fingerprint density at radius 1 is 1.19 bits per heavy atom. The molecule has 27 heavy (non-hydrogen) atoms. The third-order valence-electron chi connectivity index (χ3n) is 4.31. The average molecular weight is 405 g/mol. The van der Waals surface area contributed by atoms with Crippen molar-refractivity contribution in [3.8, 4) is 11.6 Å². The van der Waals surface area contributed by atoms with Gasteiger partial charge in [0.2, 0.25) is 11.8 Å². The van der Waals surface area contributed by atoms with Crippen molar-refractivity contribution in [2.24, 2.45) is 5.73 Å². The number of hydrogen-bond donors (Lipinski definition) is 1. The van der Waals surface area contributed by atoms with Crippen LogP contribution in [0.2, 0.25) is 0 Å². The van der Waals surface area contributed by atoms with Crippen LogP contribution in [0.4, 0.5) is 23.5 Å². The summed E-state index contributed by atoms with van der Waals surface area (Å²) in [5.74, 6) is -0.977. The maximum Gasteiger partial charge on any atom is 0.433 e. The van der Waals surface area contributed by atoms with Crippen LogP contribution in [0.25, 0.3) is 0 Å². The Bertz CT molecular complexity index is 810. The van der Waals surface area contributed by atoms with Gasteiger partial charge < -0.3 is 15.4 Å². The smallest absolute Gasteiger partial charge is 0.433 e. The van der Waals surface area contributed by atoms with Crippen LogP contribution in [0.5, 0.6) is 11.6 Å². The SMILES string of the molecule is NCC1(Cl)CCN(c2nc(Oc3cccc(F)c3)cc(C(F)(F)F)n2)CC1. The fourth-order valence-corrected chi connectivity index (χ4v) is 2.88. The number of halogens is 5. The molecule has 0 radical (unpaired) electrons. The molecule has 10 heteroatoms. The van der Waals surface area contributed by atoms with E-state index in [1.54, 1.807) is 4.90 Å². The molecule has 0 aliphatic carbocycles. The van der Waals surface area contributed by atoms with E-state index in [-0.39, 0.29) is 24.1 Å². The number of nitrogens with zero attached hydrogens (tertiary/aromatic N) is 3. The summed E-state index contributed by atoms with van der Waals surface area (Å²) in [6.45, 7) is 1.00. The summed E-state index contributed by atoms with van der Waals surface area (Å²) in [5.41, 5.74) is 4.51. The lowest BCUT2D eigenvalue weighted by Crippen LogP contribution is -2.45. The first-order valence-corrected chi connectivity index (χ1v) is 8.60. The third kappa shape index (κ3) is 4.78. The Kier molecular flexibility index (Phi) is 5.43. The van der Waals surface area contributed by atoms with Gasteiger partial charge in [0, 0.05) is 31.8 Å². The van der Waals surface area contributed by atoms with Gasteiger partial charge in [-0.2, -0.15) is 18.2 Å². The van der Waals surface area contributed by atoms with Gasteiger partial charge in [-0.1, -0.05) is 6.07 Å². The molecule has 5 nitrogen and oxygen atoms in total. The van der Waals surface area contributed by atoms with E-state index in [9.17, 15) is 17.6 Å². The summed E-state index contributed by atoms with van der Waals surface area (Å²) in [4.78, 5) is 8.72. The Morgan fingerprint density at radius 3 is 2.48 bits per heavy atom. The van der Waals surface area contributed by atoms with E-state index < -0.39 is 22.6 Å². The lowest BCUT2D eigenvalue weighted by atomic mass is 9.96. The monoisotopic (exact) mass is 404 g/mol. The van der Waals surface area contributed by atoms with E-state index in [0.29, 0.717) is 32.0 Å². The molecule has 2 heterocycles. The molecule has 3 rings (SSSR count). The van der Waals surface area contributed by atoms with Crippen molar-refractivity contribution in [1.29, 1.82) is 0 Å². The van der Waals surface area contributed by atoms with Gasteiger partial charge in [-0.05, 0) is 25.0 Å². The minimum absolute atomic E-state index is 0.0364. The van der Waals surface area contributed by atoms with Crippen LogP contribution in [-0.2, 0) is 6.18 Å². The zero-order valence-electron chi connectivity index (χ0n) is 14.1. The van der Waals surface area contributed by atoms with Gasteiger partial charge in [0.1, 0.15) is 11.6 Å². The van der Waals surface area contributed by atoms with Crippen molar-refractivity contribution in [2.75, 3.05) is 24.5 Å². The third-order valence-corrected chi connectivity index (χ3v) is 4.84. The summed E-state index contributed by atoms with van der Waals surface area (Å²) in [6.07, 6.45) is -3.70. The van der Waals surface area contributed by atoms with Crippen molar-refractivity contribution in [3.05, 3.63) is 41.8 Å². The van der Waals surface area contributed by atoms with Crippen molar-refractivity contribution >= 4 is 17.5 Å². The Labute approximate surface area is 158 Å². The maximum atomic E-state index is 13.3.